The Kier molecular flexibility index (Phi) is 8.59. The van der Waals surface area contributed by atoms with E-state index < -0.39 is 63.2 Å². The number of carboxylic acid groups (broad SMARTS) is 1. The van der Waals surface area contributed by atoms with Gasteiger partial charge in [-0.1, -0.05) is 23.7 Å². The number of hydrogen-bond acceptors (Lipinski definition) is 5. The predicted molar refractivity (Wildman–Crippen MR) is 140 cm³/mol. The van der Waals surface area contributed by atoms with E-state index in [0.717, 1.165) is 18.2 Å². The lowest BCUT2D eigenvalue weighted by Gasteiger charge is -2.36. The summed E-state index contributed by atoms with van der Waals surface area (Å²) in [7, 11) is -4.60. The number of aliphatic carboxylic acids is 1. The van der Waals surface area contributed by atoms with Gasteiger partial charge in [-0.15, -0.1) is 0 Å². The minimum absolute atomic E-state index is 0.0339. The van der Waals surface area contributed by atoms with Gasteiger partial charge in [0.05, 0.1) is 16.5 Å². The molecule has 0 amide bonds. The highest BCUT2D eigenvalue weighted by atomic mass is 35.5. The van der Waals surface area contributed by atoms with Crippen LogP contribution in [0.3, 0.4) is 0 Å². The first-order valence-electron chi connectivity index (χ1n) is 11.8. The van der Waals surface area contributed by atoms with Crippen molar-refractivity contribution in [3.05, 3.63) is 82.4 Å². The number of rotatable bonds is 9. The summed E-state index contributed by atoms with van der Waals surface area (Å²) in [6.45, 7) is -2.17. The number of alkyl halides is 2. The van der Waals surface area contributed by atoms with Gasteiger partial charge in [0.25, 0.3) is 10.0 Å². The van der Waals surface area contributed by atoms with Gasteiger partial charge in [0.1, 0.15) is 29.1 Å². The molecular weight excluding hydrogens is 578 g/mol. The smallest absolute Gasteiger partial charge is 0.387 e. The standard InChI is InChI=1S/C27H22ClF4NO6S/c1-15(24-20(28)6-3-7-21(24)29)12-16-8-10-22-26(25(16)30)33(14-18(38-22)9-11-23(34)35)40(36,37)19-5-2-4-17(13-19)39-27(31)32/h2-8,10,12-13,18,27H,9,11,14H2,1H3,(H,34,35). The highest BCUT2D eigenvalue weighted by Gasteiger charge is 2.37. The number of halogens is 5. The van der Waals surface area contributed by atoms with Crippen LogP contribution in [0.15, 0.2) is 59.5 Å². The van der Waals surface area contributed by atoms with E-state index in [1.54, 1.807) is 0 Å². The number of nitrogens with zero attached hydrogens (tertiary/aromatic N) is 1. The van der Waals surface area contributed by atoms with Crippen LogP contribution in [-0.4, -0.2) is 38.8 Å². The van der Waals surface area contributed by atoms with Crippen molar-refractivity contribution in [3.63, 3.8) is 0 Å². The maximum Gasteiger partial charge on any atom is 0.387 e. The molecule has 1 heterocycles. The van der Waals surface area contributed by atoms with Crippen molar-refractivity contribution >= 4 is 44.9 Å². The Balaban J connectivity index is 1.83. The molecule has 3 aromatic rings. The summed E-state index contributed by atoms with van der Waals surface area (Å²) in [5.41, 5.74) is -0.304. The Morgan fingerprint density at radius 3 is 2.60 bits per heavy atom. The molecule has 4 rings (SSSR count). The highest BCUT2D eigenvalue weighted by Crippen LogP contribution is 2.42. The Hall–Kier alpha value is -3.77. The third-order valence-electron chi connectivity index (χ3n) is 6.05. The van der Waals surface area contributed by atoms with Crippen LogP contribution in [0, 0.1) is 11.6 Å². The Labute approximate surface area is 232 Å². The number of ether oxygens (including phenoxy) is 2. The minimum Gasteiger partial charge on any atom is -0.486 e. The average molecular weight is 600 g/mol. The molecule has 1 aliphatic rings. The number of fused-ring (bicyclic) bond motifs is 1. The molecule has 0 bridgehead atoms. The molecule has 1 N–H and O–H groups in total. The Morgan fingerprint density at radius 2 is 1.93 bits per heavy atom. The van der Waals surface area contributed by atoms with E-state index in [1.165, 1.54) is 49.4 Å². The van der Waals surface area contributed by atoms with Gasteiger partial charge in [-0.2, -0.15) is 8.78 Å². The third kappa shape index (κ3) is 6.18. The summed E-state index contributed by atoms with van der Waals surface area (Å²) in [5.74, 6) is -3.42. The summed E-state index contributed by atoms with van der Waals surface area (Å²) in [6.07, 6.45) is -0.113. The molecule has 0 spiro atoms. The van der Waals surface area contributed by atoms with E-state index in [2.05, 4.69) is 4.74 Å². The van der Waals surface area contributed by atoms with Crippen molar-refractivity contribution in [3.8, 4) is 11.5 Å². The molecular formula is C27H22ClF4NO6S. The SMILES string of the molecule is CC(=Cc1ccc2c(c1F)N(S(=O)(=O)c1cccc(OC(F)F)c1)CC(CCC(=O)O)O2)c1c(F)cccc1Cl. The zero-order valence-electron chi connectivity index (χ0n) is 20.8. The van der Waals surface area contributed by atoms with Crippen LogP contribution in [0.4, 0.5) is 23.2 Å². The molecule has 3 aromatic carbocycles. The number of carbonyl (C=O) groups is 1. The number of anilines is 1. The number of hydrogen-bond donors (Lipinski definition) is 1. The molecule has 0 aliphatic carbocycles. The molecule has 0 radical (unpaired) electrons. The average Bonchev–Trinajstić information content (AvgIpc) is 2.88. The van der Waals surface area contributed by atoms with E-state index in [-0.39, 0.29) is 40.3 Å². The quantitative estimate of drug-likeness (QED) is 0.220. The van der Waals surface area contributed by atoms with Crippen LogP contribution in [0.25, 0.3) is 11.6 Å². The lowest BCUT2D eigenvalue weighted by Crippen LogP contribution is -2.44. The third-order valence-corrected chi connectivity index (χ3v) is 8.13. The first-order valence-corrected chi connectivity index (χ1v) is 13.6. The Bertz CT molecular complexity index is 1560. The highest BCUT2D eigenvalue weighted by molar-refractivity contribution is 7.92. The maximum atomic E-state index is 16.0. The summed E-state index contributed by atoms with van der Waals surface area (Å²) < 4.78 is 94.2. The summed E-state index contributed by atoms with van der Waals surface area (Å²) in [6, 6.07) is 11.0. The van der Waals surface area contributed by atoms with Gasteiger partial charge >= 0.3 is 12.6 Å². The second kappa shape index (κ2) is 11.8. The van der Waals surface area contributed by atoms with Crippen LogP contribution in [0.5, 0.6) is 11.5 Å². The van der Waals surface area contributed by atoms with Crippen molar-refractivity contribution in [2.24, 2.45) is 0 Å². The van der Waals surface area contributed by atoms with Gasteiger partial charge < -0.3 is 14.6 Å². The van der Waals surface area contributed by atoms with Crippen LogP contribution < -0.4 is 13.8 Å². The summed E-state index contributed by atoms with van der Waals surface area (Å²) in [5, 5.41) is 9.17. The number of sulfonamides is 1. The maximum absolute atomic E-state index is 16.0. The normalized spacial score (nSPS) is 15.5. The Morgan fingerprint density at radius 1 is 1.20 bits per heavy atom. The molecule has 7 nitrogen and oxygen atoms in total. The van der Waals surface area contributed by atoms with Crippen LogP contribution in [0.2, 0.25) is 5.02 Å². The molecule has 1 aliphatic heterocycles. The molecule has 13 heteroatoms. The van der Waals surface area contributed by atoms with E-state index in [0.29, 0.717) is 4.31 Å². The fraction of sp³-hybridized carbons (Fsp3) is 0.222. The fourth-order valence-electron chi connectivity index (χ4n) is 4.27. The second-order valence-corrected chi connectivity index (χ2v) is 11.1. The summed E-state index contributed by atoms with van der Waals surface area (Å²) >= 11 is 6.13. The largest absolute Gasteiger partial charge is 0.486 e. The lowest BCUT2D eigenvalue weighted by atomic mass is 10.0. The lowest BCUT2D eigenvalue weighted by molar-refractivity contribution is -0.137. The molecule has 0 saturated heterocycles. The van der Waals surface area contributed by atoms with Gasteiger partial charge in [0, 0.05) is 23.6 Å². The first kappa shape index (κ1) is 29.2. The van der Waals surface area contributed by atoms with Crippen LogP contribution in [0.1, 0.15) is 30.9 Å². The van der Waals surface area contributed by atoms with Gasteiger partial charge in [-0.05, 0) is 61.4 Å². The van der Waals surface area contributed by atoms with E-state index in [4.69, 9.17) is 21.4 Å². The minimum atomic E-state index is -4.60. The van der Waals surface area contributed by atoms with Gasteiger partial charge in [-0.25, -0.2) is 17.2 Å². The van der Waals surface area contributed by atoms with Gasteiger partial charge in [0.15, 0.2) is 5.82 Å². The predicted octanol–water partition coefficient (Wildman–Crippen LogP) is 6.60. The fourth-order valence-corrected chi connectivity index (χ4v) is 6.12. The monoisotopic (exact) mass is 599 g/mol. The summed E-state index contributed by atoms with van der Waals surface area (Å²) in [4.78, 5) is 10.6. The zero-order chi connectivity index (χ0) is 29.2. The number of carboxylic acids is 1. The molecule has 40 heavy (non-hydrogen) atoms. The van der Waals surface area contributed by atoms with Gasteiger partial charge in [-0.3, -0.25) is 9.10 Å². The van der Waals surface area contributed by atoms with Crippen molar-refractivity contribution in [2.75, 3.05) is 10.8 Å². The van der Waals surface area contributed by atoms with Crippen LogP contribution >= 0.6 is 11.6 Å². The van der Waals surface area contributed by atoms with Crippen molar-refractivity contribution in [1.29, 1.82) is 0 Å². The van der Waals surface area contributed by atoms with Crippen LogP contribution in [-0.2, 0) is 14.8 Å². The van der Waals surface area contributed by atoms with E-state index in [1.807, 2.05) is 0 Å². The molecule has 212 valence electrons. The first-order chi connectivity index (χ1) is 18.9. The van der Waals surface area contributed by atoms with Crippen molar-refractivity contribution < 1.29 is 45.4 Å². The molecule has 1 unspecified atom stereocenters. The second-order valence-electron chi connectivity index (χ2n) is 8.80. The zero-order valence-corrected chi connectivity index (χ0v) is 22.4. The molecule has 0 saturated carbocycles. The van der Waals surface area contributed by atoms with E-state index >= 15 is 4.39 Å². The molecule has 1 atom stereocenters. The molecule has 0 fully saturated rings. The number of benzene rings is 3. The van der Waals surface area contributed by atoms with Gasteiger partial charge in [0.2, 0.25) is 0 Å². The van der Waals surface area contributed by atoms with Crippen molar-refractivity contribution in [1.82, 2.24) is 0 Å². The van der Waals surface area contributed by atoms with E-state index in [9.17, 15) is 26.4 Å². The topological polar surface area (TPSA) is 93.1 Å². The van der Waals surface area contributed by atoms with Crippen molar-refractivity contribution in [2.45, 2.75) is 37.4 Å². The molecule has 0 aromatic heterocycles. The number of allylic oxidation sites excluding steroid dienone is 1.